The van der Waals surface area contributed by atoms with Crippen molar-refractivity contribution < 1.29 is 9.53 Å². The molecule has 2 aliphatic heterocycles. The van der Waals surface area contributed by atoms with Crippen LogP contribution in [0.25, 0.3) is 22.2 Å². The number of pyridine rings is 1. The fourth-order valence-electron chi connectivity index (χ4n) is 5.19. The van der Waals surface area contributed by atoms with Crippen LogP contribution in [0.15, 0.2) is 36.5 Å². The van der Waals surface area contributed by atoms with Crippen molar-refractivity contribution in [1.82, 2.24) is 14.9 Å². The van der Waals surface area contributed by atoms with E-state index in [-0.39, 0.29) is 5.91 Å². The number of rotatable bonds is 4. The quantitative estimate of drug-likeness (QED) is 0.650. The van der Waals surface area contributed by atoms with Crippen LogP contribution in [-0.2, 0) is 9.53 Å². The van der Waals surface area contributed by atoms with Gasteiger partial charge in [0, 0.05) is 41.4 Å². The highest BCUT2D eigenvalue weighted by Crippen LogP contribution is 2.38. The first kappa shape index (κ1) is 21.2. The third-order valence-electron chi connectivity index (χ3n) is 7.02. The van der Waals surface area contributed by atoms with Crippen molar-refractivity contribution in [3.63, 3.8) is 0 Å². The van der Waals surface area contributed by atoms with Gasteiger partial charge in [0.1, 0.15) is 5.54 Å². The van der Waals surface area contributed by atoms with Gasteiger partial charge in [-0.15, -0.1) is 0 Å². The molecule has 0 spiro atoms. The summed E-state index contributed by atoms with van der Waals surface area (Å²) in [7, 11) is 0. The maximum atomic E-state index is 12.7. The number of nitrogens with zero attached hydrogens (tertiary/aromatic N) is 2. The van der Waals surface area contributed by atoms with E-state index in [2.05, 4.69) is 54.1 Å². The standard InChI is InChI=1S/C26H32N4O2/c1-16(2)23-21-13-19(4-5-22(21)29-24(23)20-6-9-28-17(3)12-20)18-7-10-30(11-8-18)25(31)26(27)14-32-15-26/h4-6,9,12-13,16,18,29H,7-8,10-11,14-15,27H2,1-3H3. The molecular weight excluding hydrogens is 400 g/mol. The number of carbonyl (C=O) groups is 1. The number of hydrogen-bond acceptors (Lipinski definition) is 4. The Balaban J connectivity index is 1.41. The van der Waals surface area contributed by atoms with E-state index in [4.69, 9.17) is 10.5 Å². The van der Waals surface area contributed by atoms with Crippen molar-refractivity contribution in [1.29, 1.82) is 0 Å². The van der Waals surface area contributed by atoms with Gasteiger partial charge in [0.15, 0.2) is 0 Å². The lowest BCUT2D eigenvalue weighted by molar-refractivity contribution is -0.155. The Labute approximate surface area is 189 Å². The number of amides is 1. The third kappa shape index (κ3) is 3.61. The molecule has 1 amide bonds. The molecular formula is C26H32N4O2. The molecule has 2 aromatic heterocycles. The largest absolute Gasteiger partial charge is 0.376 e. The van der Waals surface area contributed by atoms with Gasteiger partial charge in [-0.1, -0.05) is 19.9 Å². The maximum Gasteiger partial charge on any atom is 0.247 e. The topological polar surface area (TPSA) is 84.2 Å². The number of nitrogens with one attached hydrogen (secondary N) is 1. The third-order valence-corrected chi connectivity index (χ3v) is 7.02. The summed E-state index contributed by atoms with van der Waals surface area (Å²) in [5, 5.41) is 1.30. The monoisotopic (exact) mass is 432 g/mol. The molecule has 32 heavy (non-hydrogen) atoms. The van der Waals surface area contributed by atoms with Crippen molar-refractivity contribution in [2.75, 3.05) is 26.3 Å². The van der Waals surface area contributed by atoms with Crippen LogP contribution in [-0.4, -0.2) is 52.6 Å². The fraction of sp³-hybridized carbons (Fsp3) is 0.462. The highest BCUT2D eigenvalue weighted by molar-refractivity contribution is 5.92. The lowest BCUT2D eigenvalue weighted by atomic mass is 9.86. The zero-order chi connectivity index (χ0) is 22.5. The van der Waals surface area contributed by atoms with Crippen molar-refractivity contribution >= 4 is 16.8 Å². The molecule has 0 unspecified atom stereocenters. The highest BCUT2D eigenvalue weighted by Gasteiger charge is 2.45. The average molecular weight is 433 g/mol. The predicted molar refractivity (Wildman–Crippen MR) is 127 cm³/mol. The minimum Gasteiger partial charge on any atom is -0.376 e. The van der Waals surface area contributed by atoms with Gasteiger partial charge in [-0.3, -0.25) is 9.78 Å². The smallest absolute Gasteiger partial charge is 0.247 e. The zero-order valence-corrected chi connectivity index (χ0v) is 19.1. The lowest BCUT2D eigenvalue weighted by Crippen LogP contribution is -2.67. The molecule has 1 aromatic carbocycles. The number of aryl methyl sites for hydroxylation is 1. The van der Waals surface area contributed by atoms with Gasteiger partial charge < -0.3 is 20.4 Å². The van der Waals surface area contributed by atoms with Crippen LogP contribution in [0, 0.1) is 6.92 Å². The summed E-state index contributed by atoms with van der Waals surface area (Å²) in [6.45, 7) is 8.73. The Morgan fingerprint density at radius 2 is 1.97 bits per heavy atom. The van der Waals surface area contributed by atoms with Crippen molar-refractivity contribution in [3.05, 3.63) is 53.3 Å². The van der Waals surface area contributed by atoms with E-state index in [1.165, 1.54) is 33.3 Å². The molecule has 5 rings (SSSR count). The Hall–Kier alpha value is -2.70. The summed E-state index contributed by atoms with van der Waals surface area (Å²) in [6.07, 6.45) is 3.81. The van der Waals surface area contributed by atoms with Crippen LogP contribution in [0.2, 0.25) is 0 Å². The molecule has 3 N–H and O–H groups in total. The van der Waals surface area contributed by atoms with E-state index in [1.54, 1.807) is 0 Å². The van der Waals surface area contributed by atoms with Gasteiger partial charge in [-0.2, -0.15) is 0 Å². The zero-order valence-electron chi connectivity index (χ0n) is 19.1. The van der Waals surface area contributed by atoms with Crippen LogP contribution >= 0.6 is 0 Å². The number of ether oxygens (including phenoxy) is 1. The van der Waals surface area contributed by atoms with Gasteiger partial charge >= 0.3 is 0 Å². The van der Waals surface area contributed by atoms with Gasteiger partial charge in [-0.05, 0) is 67.0 Å². The minimum absolute atomic E-state index is 0.0441. The van der Waals surface area contributed by atoms with Crippen molar-refractivity contribution in [3.8, 4) is 11.3 Å². The predicted octanol–water partition coefficient (Wildman–Crippen LogP) is 4.10. The number of aromatic amines is 1. The van der Waals surface area contributed by atoms with Gasteiger partial charge in [0.05, 0.1) is 18.9 Å². The fourth-order valence-corrected chi connectivity index (χ4v) is 5.19. The molecule has 0 radical (unpaired) electrons. The number of hydrogen-bond donors (Lipinski definition) is 2. The van der Waals surface area contributed by atoms with Crippen molar-refractivity contribution in [2.45, 2.75) is 51.0 Å². The molecule has 168 valence electrons. The first-order chi connectivity index (χ1) is 15.4. The number of H-pyrrole nitrogens is 1. The van der Waals surface area contributed by atoms with E-state index in [1.807, 2.05) is 18.0 Å². The molecule has 0 saturated carbocycles. The van der Waals surface area contributed by atoms with E-state index >= 15 is 0 Å². The minimum atomic E-state index is -0.801. The van der Waals surface area contributed by atoms with E-state index < -0.39 is 5.54 Å². The van der Waals surface area contributed by atoms with Crippen LogP contribution in [0.1, 0.15) is 55.3 Å². The summed E-state index contributed by atoms with van der Waals surface area (Å²) >= 11 is 0. The first-order valence-corrected chi connectivity index (χ1v) is 11.6. The van der Waals surface area contributed by atoms with E-state index in [0.717, 1.165) is 31.6 Å². The number of carbonyl (C=O) groups excluding carboxylic acids is 1. The molecule has 4 heterocycles. The molecule has 2 fully saturated rings. The van der Waals surface area contributed by atoms with Crippen LogP contribution in [0.5, 0.6) is 0 Å². The second kappa shape index (κ2) is 8.01. The van der Waals surface area contributed by atoms with E-state index in [0.29, 0.717) is 25.0 Å². The number of nitrogens with two attached hydrogens (primary N) is 1. The van der Waals surface area contributed by atoms with Gasteiger partial charge in [0.2, 0.25) is 5.91 Å². The number of benzene rings is 1. The summed E-state index contributed by atoms with van der Waals surface area (Å²) in [4.78, 5) is 22.7. The summed E-state index contributed by atoms with van der Waals surface area (Å²) in [6, 6.07) is 11.0. The van der Waals surface area contributed by atoms with Gasteiger partial charge in [-0.25, -0.2) is 0 Å². The Morgan fingerprint density at radius 3 is 2.59 bits per heavy atom. The van der Waals surface area contributed by atoms with Crippen LogP contribution in [0.3, 0.4) is 0 Å². The van der Waals surface area contributed by atoms with Crippen LogP contribution < -0.4 is 5.73 Å². The first-order valence-electron chi connectivity index (χ1n) is 11.6. The number of likely N-dealkylation sites (tertiary alicyclic amines) is 1. The summed E-state index contributed by atoms with van der Waals surface area (Å²) in [5.74, 6) is 0.895. The second-order valence-electron chi connectivity index (χ2n) is 9.77. The highest BCUT2D eigenvalue weighted by atomic mass is 16.5. The van der Waals surface area contributed by atoms with Gasteiger partial charge in [0.25, 0.3) is 0 Å². The average Bonchev–Trinajstić information content (AvgIpc) is 3.16. The number of fused-ring (bicyclic) bond motifs is 1. The molecule has 0 aliphatic carbocycles. The maximum absolute atomic E-state index is 12.7. The van der Waals surface area contributed by atoms with Crippen molar-refractivity contribution in [2.24, 2.45) is 5.73 Å². The Morgan fingerprint density at radius 1 is 1.22 bits per heavy atom. The molecule has 6 heteroatoms. The SMILES string of the molecule is Cc1cc(-c2[nH]c3ccc(C4CCN(C(=O)C5(N)COC5)CC4)cc3c2C(C)C)ccn1. The number of piperidine rings is 1. The Bertz CT molecular complexity index is 1150. The lowest BCUT2D eigenvalue weighted by Gasteiger charge is -2.42. The number of aromatic nitrogens is 2. The molecule has 0 bridgehead atoms. The molecule has 2 saturated heterocycles. The molecule has 6 nitrogen and oxygen atoms in total. The van der Waals surface area contributed by atoms with E-state index in [9.17, 15) is 4.79 Å². The van der Waals surface area contributed by atoms with Crippen LogP contribution in [0.4, 0.5) is 0 Å². The second-order valence-corrected chi connectivity index (χ2v) is 9.77. The molecule has 3 aromatic rings. The summed E-state index contributed by atoms with van der Waals surface area (Å²) in [5.41, 5.74) is 12.6. The summed E-state index contributed by atoms with van der Waals surface area (Å²) < 4.78 is 5.17. The molecule has 2 aliphatic rings. The normalized spacial score (nSPS) is 18.8. The Kier molecular flexibility index (Phi) is 5.30. The molecule has 0 atom stereocenters.